The number of hydrogen-bond acceptors (Lipinski definition) is 4. The lowest BCUT2D eigenvalue weighted by atomic mass is 9.94. The summed E-state index contributed by atoms with van der Waals surface area (Å²) in [5, 5.41) is 3.97. The molecule has 6 nitrogen and oxygen atoms in total. The van der Waals surface area contributed by atoms with E-state index in [2.05, 4.69) is 24.1 Å². The third-order valence-electron chi connectivity index (χ3n) is 7.02. The van der Waals surface area contributed by atoms with Crippen molar-refractivity contribution in [3.05, 3.63) is 41.1 Å². The number of fused-ring (bicyclic) bond motifs is 2. The van der Waals surface area contributed by atoms with Crippen LogP contribution in [0, 0.1) is 0 Å². The molecule has 1 aliphatic heterocycles. The molecular formula is C26H36N4O2. The van der Waals surface area contributed by atoms with E-state index in [1.165, 1.54) is 32.1 Å². The van der Waals surface area contributed by atoms with Crippen molar-refractivity contribution >= 4 is 22.7 Å². The minimum atomic E-state index is -0.0929. The molecule has 0 atom stereocenters. The molecule has 2 aromatic rings. The van der Waals surface area contributed by atoms with Gasteiger partial charge in [0.2, 0.25) is 0 Å². The second kappa shape index (κ2) is 10.4. The minimum Gasteiger partial charge on any atom is -0.351 e. The molecule has 6 heteroatoms. The van der Waals surface area contributed by atoms with Crippen LogP contribution in [0.15, 0.2) is 24.3 Å². The SMILES string of the molecule is CCCCN(CC)CCNC(=O)c1c2c(nc3ccccc13)C(=O)N(C1CCCCC1)C2. The summed E-state index contributed by atoms with van der Waals surface area (Å²) in [6.07, 6.45) is 8.01. The summed E-state index contributed by atoms with van der Waals surface area (Å²) in [7, 11) is 0. The summed E-state index contributed by atoms with van der Waals surface area (Å²) >= 11 is 0. The lowest BCUT2D eigenvalue weighted by molar-refractivity contribution is 0.0655. The predicted octanol–water partition coefficient (Wildman–Crippen LogP) is 4.38. The highest BCUT2D eigenvalue weighted by Gasteiger charge is 2.37. The molecule has 1 N–H and O–H groups in total. The molecule has 1 aromatic heterocycles. The van der Waals surface area contributed by atoms with E-state index >= 15 is 0 Å². The highest BCUT2D eigenvalue weighted by atomic mass is 16.2. The molecule has 1 aliphatic carbocycles. The van der Waals surface area contributed by atoms with E-state index in [4.69, 9.17) is 4.98 Å². The van der Waals surface area contributed by atoms with Gasteiger partial charge in [-0.05, 0) is 38.4 Å². The zero-order valence-corrected chi connectivity index (χ0v) is 19.5. The van der Waals surface area contributed by atoms with Crippen molar-refractivity contribution in [3.8, 4) is 0 Å². The van der Waals surface area contributed by atoms with Gasteiger partial charge < -0.3 is 15.1 Å². The molecule has 1 fully saturated rings. The number of para-hydroxylation sites is 1. The average molecular weight is 437 g/mol. The Morgan fingerprint density at radius 2 is 1.94 bits per heavy atom. The lowest BCUT2D eigenvalue weighted by Crippen LogP contribution is -2.37. The Bertz CT molecular complexity index is 968. The number of rotatable bonds is 9. The Morgan fingerprint density at radius 3 is 2.69 bits per heavy atom. The molecule has 172 valence electrons. The topological polar surface area (TPSA) is 65.5 Å². The van der Waals surface area contributed by atoms with Gasteiger partial charge in [0.05, 0.1) is 11.1 Å². The van der Waals surface area contributed by atoms with E-state index in [9.17, 15) is 9.59 Å². The van der Waals surface area contributed by atoms with Crippen molar-refractivity contribution in [2.75, 3.05) is 26.2 Å². The van der Waals surface area contributed by atoms with E-state index in [1.807, 2.05) is 29.2 Å². The number of benzene rings is 1. The monoisotopic (exact) mass is 436 g/mol. The smallest absolute Gasteiger partial charge is 0.273 e. The second-order valence-corrected chi connectivity index (χ2v) is 9.10. The number of carbonyl (C=O) groups is 2. The van der Waals surface area contributed by atoms with Crippen molar-refractivity contribution in [1.29, 1.82) is 0 Å². The van der Waals surface area contributed by atoms with Gasteiger partial charge in [-0.2, -0.15) is 0 Å². The average Bonchev–Trinajstić information content (AvgIpc) is 3.16. The Morgan fingerprint density at radius 1 is 1.16 bits per heavy atom. The van der Waals surface area contributed by atoms with Gasteiger partial charge in [0, 0.05) is 36.6 Å². The molecule has 0 spiro atoms. The quantitative estimate of drug-likeness (QED) is 0.634. The third kappa shape index (κ3) is 4.65. The maximum Gasteiger partial charge on any atom is 0.273 e. The van der Waals surface area contributed by atoms with Gasteiger partial charge in [-0.15, -0.1) is 0 Å². The lowest BCUT2D eigenvalue weighted by Gasteiger charge is -2.30. The Labute approximate surface area is 191 Å². The van der Waals surface area contributed by atoms with E-state index in [-0.39, 0.29) is 17.9 Å². The second-order valence-electron chi connectivity index (χ2n) is 9.10. The molecule has 1 saturated carbocycles. The number of amides is 2. The van der Waals surface area contributed by atoms with Crippen molar-refractivity contribution in [3.63, 3.8) is 0 Å². The Hall–Kier alpha value is -2.47. The molecule has 0 radical (unpaired) electrons. The summed E-state index contributed by atoms with van der Waals surface area (Å²) in [5.41, 5.74) is 2.62. The summed E-state index contributed by atoms with van der Waals surface area (Å²) in [6, 6.07) is 7.96. The van der Waals surface area contributed by atoms with Gasteiger partial charge in [-0.1, -0.05) is 57.7 Å². The van der Waals surface area contributed by atoms with E-state index in [0.717, 1.165) is 43.4 Å². The zero-order chi connectivity index (χ0) is 22.5. The predicted molar refractivity (Wildman–Crippen MR) is 128 cm³/mol. The van der Waals surface area contributed by atoms with E-state index < -0.39 is 0 Å². The Balaban J connectivity index is 1.58. The molecule has 2 heterocycles. The highest BCUT2D eigenvalue weighted by molar-refractivity contribution is 6.11. The Kier molecular flexibility index (Phi) is 7.40. The molecule has 32 heavy (non-hydrogen) atoms. The van der Waals surface area contributed by atoms with Gasteiger partial charge in [0.25, 0.3) is 11.8 Å². The first-order valence-corrected chi connectivity index (χ1v) is 12.4. The normalized spacial score (nSPS) is 16.7. The first kappa shape index (κ1) is 22.7. The van der Waals surface area contributed by atoms with Crippen LogP contribution in [0.2, 0.25) is 0 Å². The summed E-state index contributed by atoms with van der Waals surface area (Å²) in [4.78, 5) is 35.7. The van der Waals surface area contributed by atoms with Crippen LogP contribution in [-0.2, 0) is 6.54 Å². The number of pyridine rings is 1. The number of unbranched alkanes of at least 4 members (excludes halogenated alkanes) is 1. The molecule has 0 saturated heterocycles. The molecule has 0 unspecified atom stereocenters. The van der Waals surface area contributed by atoms with Gasteiger partial charge in [0.15, 0.2) is 0 Å². The van der Waals surface area contributed by atoms with Gasteiger partial charge in [0.1, 0.15) is 5.69 Å². The summed E-state index contributed by atoms with van der Waals surface area (Å²) in [6.45, 7) is 8.32. The van der Waals surface area contributed by atoms with Gasteiger partial charge >= 0.3 is 0 Å². The fourth-order valence-corrected chi connectivity index (χ4v) is 5.13. The number of aromatic nitrogens is 1. The van der Waals surface area contributed by atoms with Gasteiger partial charge in [-0.3, -0.25) is 9.59 Å². The standard InChI is InChI=1S/C26H36N4O2/c1-3-5-16-29(4-2)17-15-27-25(31)23-20-13-9-10-14-22(20)28-24-21(23)18-30(26(24)32)19-11-7-6-8-12-19/h9-10,13-14,19H,3-8,11-12,15-18H2,1-2H3,(H,27,31). The number of nitrogens with zero attached hydrogens (tertiary/aromatic N) is 3. The number of hydrogen-bond donors (Lipinski definition) is 1. The fraction of sp³-hybridized carbons (Fsp3) is 0.577. The molecule has 4 rings (SSSR count). The highest BCUT2D eigenvalue weighted by Crippen LogP contribution is 2.34. The summed E-state index contributed by atoms with van der Waals surface area (Å²) in [5.74, 6) is -0.104. The van der Waals surface area contributed by atoms with E-state index in [1.54, 1.807) is 0 Å². The van der Waals surface area contributed by atoms with Crippen LogP contribution in [0.1, 0.15) is 85.2 Å². The number of nitrogens with one attached hydrogen (secondary N) is 1. The maximum atomic E-state index is 13.4. The third-order valence-corrected chi connectivity index (χ3v) is 7.02. The first-order chi connectivity index (χ1) is 15.6. The van der Waals surface area contributed by atoms with Crippen molar-refractivity contribution in [2.24, 2.45) is 0 Å². The van der Waals surface area contributed by atoms with Crippen LogP contribution >= 0.6 is 0 Å². The van der Waals surface area contributed by atoms with Crippen LogP contribution in [0.3, 0.4) is 0 Å². The number of likely N-dealkylation sites (N-methyl/N-ethyl adjacent to an activating group) is 1. The molecule has 0 bridgehead atoms. The van der Waals surface area contributed by atoms with Crippen LogP contribution < -0.4 is 5.32 Å². The van der Waals surface area contributed by atoms with Crippen LogP contribution in [0.4, 0.5) is 0 Å². The first-order valence-electron chi connectivity index (χ1n) is 12.4. The molecular weight excluding hydrogens is 400 g/mol. The van der Waals surface area contributed by atoms with E-state index in [0.29, 0.717) is 29.9 Å². The minimum absolute atomic E-state index is 0.0107. The molecule has 1 aromatic carbocycles. The molecule has 2 aliphatic rings. The summed E-state index contributed by atoms with van der Waals surface area (Å²) < 4.78 is 0. The fourth-order valence-electron chi connectivity index (χ4n) is 5.13. The van der Waals surface area contributed by atoms with Crippen LogP contribution in [0.5, 0.6) is 0 Å². The van der Waals surface area contributed by atoms with Crippen molar-refractivity contribution in [2.45, 2.75) is 71.4 Å². The number of carbonyl (C=O) groups excluding carboxylic acids is 2. The van der Waals surface area contributed by atoms with Gasteiger partial charge in [-0.25, -0.2) is 4.98 Å². The largest absolute Gasteiger partial charge is 0.351 e. The van der Waals surface area contributed by atoms with Crippen LogP contribution in [-0.4, -0.2) is 58.8 Å². The maximum absolute atomic E-state index is 13.4. The van der Waals surface area contributed by atoms with Crippen LogP contribution in [0.25, 0.3) is 10.9 Å². The molecule has 2 amide bonds. The van der Waals surface area contributed by atoms with Crippen molar-refractivity contribution < 1.29 is 9.59 Å². The van der Waals surface area contributed by atoms with Crippen molar-refractivity contribution in [1.82, 2.24) is 20.1 Å². The zero-order valence-electron chi connectivity index (χ0n) is 19.5.